The lowest BCUT2D eigenvalue weighted by molar-refractivity contribution is -0.151. The number of allylic oxidation sites excluding steroid dienone is 4. The molecule has 0 aliphatic rings. The predicted molar refractivity (Wildman–Crippen MR) is 419 cm³/mol. The fourth-order valence-electron chi connectivity index (χ4n) is 11.7. The third-order valence-corrected chi connectivity index (χ3v) is 19.9. The van der Waals surface area contributed by atoms with Gasteiger partial charge in [-0.2, -0.15) is 0 Å². The van der Waals surface area contributed by atoms with Crippen LogP contribution in [0.2, 0.25) is 0 Å². The number of phosphoric ester groups is 2. The number of ether oxygens (including phenoxy) is 4. The van der Waals surface area contributed by atoms with E-state index >= 15 is 0 Å². The van der Waals surface area contributed by atoms with Crippen molar-refractivity contribution in [2.24, 2.45) is 0 Å². The third kappa shape index (κ3) is 69.0. The minimum atomic E-state index is -4.83. The Morgan fingerprint density at radius 3 is 1.05 bits per heavy atom. The maximum atomic E-state index is 13.2. The molecule has 0 rings (SSSR count). The number of nitrogens with one attached hydrogen (secondary N) is 4. The fourth-order valence-corrected chi connectivity index (χ4v) is 13.2. The zero-order valence-corrected chi connectivity index (χ0v) is 68.6. The van der Waals surface area contributed by atoms with Crippen molar-refractivity contribution in [2.45, 2.75) is 374 Å². The van der Waals surface area contributed by atoms with Gasteiger partial charge in [0.1, 0.15) is 30.2 Å². The van der Waals surface area contributed by atoms with E-state index in [9.17, 15) is 57.3 Å². The molecule has 24 nitrogen and oxygen atoms in total. The normalized spacial score (nSPS) is 13.9. The number of hydrogen-bond acceptors (Lipinski definition) is 18. The number of esters is 2. The van der Waals surface area contributed by atoms with Crippen molar-refractivity contribution in [2.75, 3.05) is 65.9 Å². The number of phosphoric acid groups is 2. The number of hydrogen-bond donors (Lipinski definition) is 6. The molecule has 0 aromatic rings. The number of ketones is 2. The van der Waals surface area contributed by atoms with Crippen molar-refractivity contribution in [3.63, 3.8) is 0 Å². The average Bonchev–Trinajstić information content (AvgIpc) is 0.939. The third-order valence-electron chi connectivity index (χ3n) is 17.9. The van der Waals surface area contributed by atoms with Crippen molar-refractivity contribution in [3.8, 4) is 0 Å². The summed E-state index contributed by atoms with van der Waals surface area (Å²) in [6, 6.07) is -2.00. The Morgan fingerprint density at radius 2 is 0.679 bits per heavy atom. The highest BCUT2D eigenvalue weighted by molar-refractivity contribution is 7.47. The summed E-state index contributed by atoms with van der Waals surface area (Å²) >= 11 is 0. The molecule has 6 N–H and O–H groups in total. The van der Waals surface area contributed by atoms with Crippen LogP contribution in [0.25, 0.3) is 0 Å². The summed E-state index contributed by atoms with van der Waals surface area (Å²) in [4.78, 5) is 125. The molecule has 106 heavy (non-hydrogen) atoms. The van der Waals surface area contributed by atoms with Crippen LogP contribution in [0.3, 0.4) is 0 Å². The van der Waals surface area contributed by atoms with Gasteiger partial charge in [0.15, 0.2) is 0 Å². The van der Waals surface area contributed by atoms with E-state index in [2.05, 4.69) is 68.0 Å². The Balaban J connectivity index is 5.60. The number of carbonyl (C=O) groups excluding carboxylic acids is 8. The van der Waals surface area contributed by atoms with Crippen LogP contribution in [0.1, 0.15) is 350 Å². The van der Waals surface area contributed by atoms with Crippen molar-refractivity contribution >= 4 is 62.8 Å². The highest BCUT2D eigenvalue weighted by Gasteiger charge is 2.28. The summed E-state index contributed by atoms with van der Waals surface area (Å²) < 4.78 is 70.7. The zero-order valence-electron chi connectivity index (χ0n) is 66.8. The van der Waals surface area contributed by atoms with Gasteiger partial charge in [0, 0.05) is 51.6 Å². The van der Waals surface area contributed by atoms with Crippen molar-refractivity contribution in [1.82, 2.24) is 21.3 Å². The van der Waals surface area contributed by atoms with Gasteiger partial charge in [-0.25, -0.2) is 9.13 Å². The number of unbranched alkanes of at least 4 members (excludes halogenated alkanes) is 30. The molecule has 0 radical (unpaired) electrons. The molecule has 0 saturated heterocycles. The topological polar surface area (TPSA) is 333 Å². The summed E-state index contributed by atoms with van der Waals surface area (Å²) in [7, 11) is -9.65. The Kier molecular flexibility index (Phi) is 69.5. The summed E-state index contributed by atoms with van der Waals surface area (Å²) in [6.45, 7) is 9.84. The molecule has 6 atom stereocenters. The van der Waals surface area contributed by atoms with E-state index in [4.69, 9.17) is 37.0 Å². The highest BCUT2D eigenvalue weighted by Crippen LogP contribution is 2.44. The summed E-state index contributed by atoms with van der Waals surface area (Å²) in [5, 5.41) is 10.2. The van der Waals surface area contributed by atoms with Crippen LogP contribution in [0.4, 0.5) is 0 Å². The molecule has 0 heterocycles. The van der Waals surface area contributed by atoms with Crippen LogP contribution in [0.5, 0.6) is 0 Å². The second-order valence-electron chi connectivity index (χ2n) is 28.2. The first-order valence-corrected chi connectivity index (χ1v) is 44.4. The molecular weight excluding hydrogens is 1400 g/mol. The Bertz CT molecular complexity index is 2400. The van der Waals surface area contributed by atoms with Crippen LogP contribution < -0.4 is 21.3 Å². The molecule has 26 heteroatoms. The highest BCUT2D eigenvalue weighted by atomic mass is 31.2. The van der Waals surface area contributed by atoms with E-state index in [1.54, 1.807) is 0 Å². The van der Waals surface area contributed by atoms with Gasteiger partial charge < -0.3 is 50.0 Å². The Morgan fingerprint density at radius 1 is 0.349 bits per heavy atom. The largest absolute Gasteiger partial charge is 0.472 e. The first-order valence-electron chi connectivity index (χ1n) is 41.4. The number of rotatable bonds is 79. The molecule has 0 spiro atoms. The summed E-state index contributed by atoms with van der Waals surface area (Å²) in [6.07, 6.45) is 47.5. The van der Waals surface area contributed by atoms with Gasteiger partial charge in [-0.1, -0.05) is 232 Å². The lowest BCUT2D eigenvalue weighted by Crippen LogP contribution is -2.42. The monoisotopic (exact) mass is 1550 g/mol. The van der Waals surface area contributed by atoms with Gasteiger partial charge in [-0.15, -0.1) is 0 Å². The van der Waals surface area contributed by atoms with Crippen LogP contribution in [-0.4, -0.2) is 147 Å². The smallest absolute Gasteiger partial charge is 0.462 e. The number of amides is 4. The summed E-state index contributed by atoms with van der Waals surface area (Å²) in [5.74, 6) is -3.85. The van der Waals surface area contributed by atoms with Gasteiger partial charge in [0.25, 0.3) is 0 Å². The maximum absolute atomic E-state index is 13.2. The predicted octanol–water partition coefficient (Wildman–Crippen LogP) is 17.4. The molecule has 0 aliphatic heterocycles. The van der Waals surface area contributed by atoms with Gasteiger partial charge in [-0.05, 0) is 84.0 Å². The Labute approximate surface area is 639 Å². The minimum absolute atomic E-state index is 0.128. The van der Waals surface area contributed by atoms with Crippen molar-refractivity contribution in [1.29, 1.82) is 0 Å². The van der Waals surface area contributed by atoms with E-state index < -0.39 is 109 Å². The minimum Gasteiger partial charge on any atom is -0.462 e. The molecule has 2 unspecified atom stereocenters. The fraction of sp³-hybridized carbons (Fsp3) is 0.850. The lowest BCUT2D eigenvalue weighted by Gasteiger charge is -2.22. The zero-order chi connectivity index (χ0) is 78.3. The van der Waals surface area contributed by atoms with Crippen molar-refractivity contribution < 1.29 is 94.3 Å². The van der Waals surface area contributed by atoms with Crippen LogP contribution in [0.15, 0.2) is 24.3 Å². The lowest BCUT2D eigenvalue weighted by atomic mass is 10.0. The van der Waals surface area contributed by atoms with E-state index in [1.807, 2.05) is 19.1 Å². The van der Waals surface area contributed by atoms with Gasteiger partial charge in [0.05, 0.1) is 77.8 Å². The molecule has 0 saturated carbocycles. The van der Waals surface area contributed by atoms with Crippen molar-refractivity contribution in [3.05, 3.63) is 24.3 Å². The van der Waals surface area contributed by atoms with E-state index in [-0.39, 0.29) is 82.3 Å². The molecule has 4 amide bonds. The molecule has 0 fully saturated rings. The van der Waals surface area contributed by atoms with Gasteiger partial charge >= 0.3 is 27.6 Å². The molecule has 0 aromatic carbocycles. The molecule has 0 aromatic heterocycles. The standard InChI is InChI=1S/C80H148N4O20P2/c1-7-13-19-25-28-31-34-39-42-48-71(85)62-77(89)83-69(65-97-58-54-73(50-44-37-22-16-10-4)103-79(91)52-46-24-18-12-6)67-101-105(93,94)99-60-56-81-75(87)64-76(88)82-57-61-100-106(95,96)102-68-70(84-78(90)63-72(86)49-43-40-35-32-29-26-20-14-8-2)66-98-59-55-74(51-45-38-23-17-11-5)104-80(92)53-47-41-36-33-30-27-21-15-9-3/h12,18,33,36,69-70,73-74H,7-11,13-17,19-32,34-35,37-68H2,1-6H3,(H,81,87)(H,82,88)(H,83,89)(H,84,90)(H,93,94)(H,95,96)/b18-12-,36-33-/t69-,70-,73-,74-/m1/s1. The van der Waals surface area contributed by atoms with Crippen LogP contribution in [-0.2, 0) is 84.5 Å². The Hall–Kier alpha value is -4.22. The van der Waals surface area contributed by atoms with Gasteiger partial charge in [0.2, 0.25) is 23.6 Å². The maximum Gasteiger partial charge on any atom is 0.472 e. The van der Waals surface area contributed by atoms with Crippen LogP contribution in [0, 0.1) is 0 Å². The quantitative estimate of drug-likeness (QED) is 0.0108. The second-order valence-corrected chi connectivity index (χ2v) is 31.1. The number of Topliss-reactive ketones (excluding diaryl/α,β-unsaturated/α-hetero) is 2. The SMILES string of the molecule is C/C=C\CCCC(=O)O[C@H](CCCCCCC)CCOC[C@H](COP(=O)(O)OCCNC(=O)CC(=O)NCCOP(=O)(O)OC[C@@H](COCC[C@@H](CCCCCCC)OC(=O)CCC/C=C\CCCCCC)NC(=O)CC(=O)CCCCCCCCCCC)NC(=O)CC(=O)CCCCCCCCCCC. The van der Waals surface area contributed by atoms with Gasteiger partial charge in [-0.3, -0.25) is 56.5 Å². The first kappa shape index (κ1) is 102. The van der Waals surface area contributed by atoms with E-state index in [0.29, 0.717) is 57.8 Å². The summed E-state index contributed by atoms with van der Waals surface area (Å²) in [5.41, 5.74) is 0. The molecule has 618 valence electrons. The average molecular weight is 1550 g/mol. The molecular formula is C80H148N4O20P2. The van der Waals surface area contributed by atoms with Crippen LogP contribution >= 0.6 is 15.6 Å². The number of carbonyl (C=O) groups is 8. The second kappa shape index (κ2) is 72.3. The first-order chi connectivity index (χ1) is 51.2. The van der Waals surface area contributed by atoms with E-state index in [0.717, 1.165) is 141 Å². The molecule has 0 bridgehead atoms. The molecule has 0 aliphatic carbocycles. The van der Waals surface area contributed by atoms with E-state index in [1.165, 1.54) is 70.6 Å².